The van der Waals surface area contributed by atoms with E-state index >= 15 is 0 Å². The topological polar surface area (TPSA) is 50.9 Å². The second-order valence-corrected chi connectivity index (χ2v) is 6.04. The highest BCUT2D eigenvalue weighted by Crippen LogP contribution is 2.20. The molecule has 0 saturated heterocycles. The third-order valence-electron chi connectivity index (χ3n) is 2.71. The minimum atomic E-state index is 0.442. The van der Waals surface area contributed by atoms with Crippen molar-refractivity contribution < 1.29 is 0 Å². The van der Waals surface area contributed by atoms with Crippen LogP contribution in [0.1, 0.15) is 23.4 Å². The normalized spacial score (nSPS) is 12.6. The van der Waals surface area contributed by atoms with Crippen LogP contribution in [-0.2, 0) is 6.54 Å². The molecule has 0 saturated carbocycles. The lowest BCUT2D eigenvalue weighted by atomic mass is 10.1. The minimum Gasteiger partial charge on any atom is -0.398 e. The van der Waals surface area contributed by atoms with Gasteiger partial charge >= 0.3 is 0 Å². The average molecular weight is 326 g/mol. The van der Waals surface area contributed by atoms with Crippen molar-refractivity contribution >= 4 is 33.0 Å². The van der Waals surface area contributed by atoms with Gasteiger partial charge in [-0.3, -0.25) is 0 Å². The van der Waals surface area contributed by atoms with Crippen LogP contribution < -0.4 is 11.1 Å². The standard InChI is InChI=1S/C13H16BrN3S/c1-9(13-17-4-5-18-13)7-16-8-10-2-3-11(14)12(15)6-10/h2-6,9,16H,7-8,15H2,1H3. The van der Waals surface area contributed by atoms with Crippen LogP contribution in [0.3, 0.4) is 0 Å². The Bertz CT molecular complexity index is 499. The molecule has 0 aliphatic rings. The van der Waals surface area contributed by atoms with Crippen molar-refractivity contribution in [3.8, 4) is 0 Å². The molecular formula is C13H16BrN3S. The third-order valence-corrected chi connectivity index (χ3v) is 4.44. The Kier molecular flexibility index (Phi) is 4.74. The molecule has 2 aromatic rings. The lowest BCUT2D eigenvalue weighted by Crippen LogP contribution is -2.19. The summed E-state index contributed by atoms with van der Waals surface area (Å²) in [7, 11) is 0. The van der Waals surface area contributed by atoms with E-state index in [1.807, 2.05) is 23.7 Å². The van der Waals surface area contributed by atoms with E-state index in [0.29, 0.717) is 5.92 Å². The maximum atomic E-state index is 5.85. The molecule has 96 valence electrons. The quantitative estimate of drug-likeness (QED) is 0.828. The number of nitrogens with one attached hydrogen (secondary N) is 1. The molecule has 0 aliphatic carbocycles. The second-order valence-electron chi connectivity index (χ2n) is 4.26. The van der Waals surface area contributed by atoms with Gasteiger partial charge in [0.25, 0.3) is 0 Å². The SMILES string of the molecule is CC(CNCc1ccc(Br)c(N)c1)c1nccs1. The number of nitrogens with zero attached hydrogens (tertiary/aromatic N) is 1. The summed E-state index contributed by atoms with van der Waals surface area (Å²) >= 11 is 5.10. The Morgan fingerprint density at radius 2 is 2.33 bits per heavy atom. The van der Waals surface area contributed by atoms with Gasteiger partial charge in [0.1, 0.15) is 0 Å². The van der Waals surface area contributed by atoms with Crippen molar-refractivity contribution in [1.82, 2.24) is 10.3 Å². The van der Waals surface area contributed by atoms with Gasteiger partial charge in [-0.15, -0.1) is 11.3 Å². The highest BCUT2D eigenvalue weighted by Gasteiger charge is 2.07. The Morgan fingerprint density at radius 1 is 1.50 bits per heavy atom. The smallest absolute Gasteiger partial charge is 0.0965 e. The molecule has 0 radical (unpaired) electrons. The first-order valence-corrected chi connectivity index (χ1v) is 7.48. The van der Waals surface area contributed by atoms with Crippen molar-refractivity contribution in [1.29, 1.82) is 0 Å². The molecule has 0 aliphatic heterocycles. The fraction of sp³-hybridized carbons (Fsp3) is 0.308. The predicted octanol–water partition coefficient (Wildman–Crippen LogP) is 3.38. The first-order chi connectivity index (χ1) is 8.66. The molecular weight excluding hydrogens is 310 g/mol. The first-order valence-electron chi connectivity index (χ1n) is 5.81. The number of nitrogen functional groups attached to an aromatic ring is 1. The van der Waals surface area contributed by atoms with E-state index < -0.39 is 0 Å². The number of halogens is 1. The van der Waals surface area contributed by atoms with E-state index in [0.717, 1.165) is 23.2 Å². The van der Waals surface area contributed by atoms with Gasteiger partial charge in [0.2, 0.25) is 0 Å². The van der Waals surface area contributed by atoms with Crippen LogP contribution in [0.5, 0.6) is 0 Å². The molecule has 18 heavy (non-hydrogen) atoms. The van der Waals surface area contributed by atoms with Gasteiger partial charge in [0, 0.05) is 40.7 Å². The van der Waals surface area contributed by atoms with Crippen molar-refractivity contribution in [3.63, 3.8) is 0 Å². The molecule has 3 nitrogen and oxygen atoms in total. The van der Waals surface area contributed by atoms with E-state index in [1.165, 1.54) is 10.6 Å². The summed E-state index contributed by atoms with van der Waals surface area (Å²) in [5.74, 6) is 0.442. The summed E-state index contributed by atoms with van der Waals surface area (Å²) < 4.78 is 0.947. The Labute approximate surface area is 120 Å². The fourth-order valence-electron chi connectivity index (χ4n) is 1.70. The Morgan fingerprint density at radius 3 is 3.00 bits per heavy atom. The van der Waals surface area contributed by atoms with Crippen molar-refractivity contribution in [2.24, 2.45) is 0 Å². The average Bonchev–Trinajstić information content (AvgIpc) is 2.87. The van der Waals surface area contributed by atoms with Crippen LogP contribution in [0.4, 0.5) is 5.69 Å². The number of nitrogens with two attached hydrogens (primary N) is 1. The molecule has 0 bridgehead atoms. The van der Waals surface area contributed by atoms with E-state index in [4.69, 9.17) is 5.73 Å². The van der Waals surface area contributed by atoms with E-state index in [1.54, 1.807) is 11.3 Å². The summed E-state index contributed by atoms with van der Waals surface area (Å²) in [6, 6.07) is 6.04. The lowest BCUT2D eigenvalue weighted by Gasteiger charge is -2.10. The molecule has 0 amide bonds. The van der Waals surface area contributed by atoms with Gasteiger partial charge in [-0.05, 0) is 33.6 Å². The number of hydrogen-bond acceptors (Lipinski definition) is 4. The van der Waals surface area contributed by atoms with Crippen molar-refractivity contribution in [2.75, 3.05) is 12.3 Å². The molecule has 1 heterocycles. The first kappa shape index (κ1) is 13.5. The molecule has 5 heteroatoms. The van der Waals surface area contributed by atoms with Crippen LogP contribution in [0, 0.1) is 0 Å². The van der Waals surface area contributed by atoms with Gasteiger partial charge in [-0.2, -0.15) is 0 Å². The minimum absolute atomic E-state index is 0.442. The van der Waals surface area contributed by atoms with E-state index in [-0.39, 0.29) is 0 Å². The zero-order valence-electron chi connectivity index (χ0n) is 10.2. The summed E-state index contributed by atoms with van der Waals surface area (Å²) in [5, 5.41) is 6.63. The second kappa shape index (κ2) is 6.31. The summed E-state index contributed by atoms with van der Waals surface area (Å²) in [4.78, 5) is 4.32. The van der Waals surface area contributed by atoms with Crippen LogP contribution in [0.15, 0.2) is 34.2 Å². The van der Waals surface area contributed by atoms with Crippen LogP contribution in [-0.4, -0.2) is 11.5 Å². The van der Waals surface area contributed by atoms with Crippen LogP contribution in [0.25, 0.3) is 0 Å². The molecule has 1 unspecified atom stereocenters. The number of aromatic nitrogens is 1. The zero-order valence-corrected chi connectivity index (χ0v) is 12.6. The van der Waals surface area contributed by atoms with Gasteiger partial charge < -0.3 is 11.1 Å². The highest BCUT2D eigenvalue weighted by atomic mass is 79.9. The number of thiazole rings is 1. The number of benzene rings is 1. The Hall–Kier alpha value is -0.910. The van der Waals surface area contributed by atoms with Gasteiger partial charge in [0.15, 0.2) is 0 Å². The Balaban J connectivity index is 1.83. The van der Waals surface area contributed by atoms with Gasteiger partial charge in [0.05, 0.1) is 5.01 Å². The lowest BCUT2D eigenvalue weighted by molar-refractivity contribution is 0.613. The predicted molar refractivity (Wildman–Crippen MR) is 80.8 cm³/mol. The van der Waals surface area contributed by atoms with Crippen molar-refractivity contribution in [2.45, 2.75) is 19.4 Å². The number of hydrogen-bond donors (Lipinski definition) is 2. The van der Waals surface area contributed by atoms with Crippen molar-refractivity contribution in [3.05, 3.63) is 44.8 Å². The molecule has 1 aromatic heterocycles. The zero-order chi connectivity index (χ0) is 13.0. The molecule has 1 atom stereocenters. The summed E-state index contributed by atoms with van der Waals surface area (Å²) in [6.07, 6.45) is 1.85. The molecule has 0 fully saturated rings. The maximum Gasteiger partial charge on any atom is 0.0965 e. The summed E-state index contributed by atoms with van der Waals surface area (Å²) in [5.41, 5.74) is 7.82. The summed E-state index contributed by atoms with van der Waals surface area (Å²) in [6.45, 7) is 3.93. The largest absolute Gasteiger partial charge is 0.398 e. The maximum absolute atomic E-state index is 5.85. The molecule has 0 spiro atoms. The number of rotatable bonds is 5. The van der Waals surface area contributed by atoms with Crippen LogP contribution >= 0.6 is 27.3 Å². The van der Waals surface area contributed by atoms with E-state index in [9.17, 15) is 0 Å². The molecule has 2 rings (SSSR count). The molecule has 3 N–H and O–H groups in total. The highest BCUT2D eigenvalue weighted by molar-refractivity contribution is 9.10. The monoisotopic (exact) mass is 325 g/mol. The van der Waals surface area contributed by atoms with Gasteiger partial charge in [-0.25, -0.2) is 4.98 Å². The third kappa shape index (κ3) is 3.54. The van der Waals surface area contributed by atoms with E-state index in [2.05, 4.69) is 39.2 Å². The van der Waals surface area contributed by atoms with Gasteiger partial charge in [-0.1, -0.05) is 13.0 Å². The fourth-order valence-corrected chi connectivity index (χ4v) is 2.65. The number of anilines is 1. The van der Waals surface area contributed by atoms with Crippen LogP contribution in [0.2, 0.25) is 0 Å². The molecule has 1 aromatic carbocycles.